The van der Waals surface area contributed by atoms with Crippen molar-refractivity contribution in [3.05, 3.63) is 0 Å². The van der Waals surface area contributed by atoms with E-state index in [-0.39, 0.29) is 37.1 Å². The number of ether oxygens (including phenoxy) is 1. The molecule has 0 bridgehead atoms. The summed E-state index contributed by atoms with van der Waals surface area (Å²) in [5.74, 6) is -1.27. The fourth-order valence-electron chi connectivity index (χ4n) is 2.77. The second kappa shape index (κ2) is 5.56. The summed E-state index contributed by atoms with van der Waals surface area (Å²) in [6.45, 7) is 0. The Bertz CT molecular complexity index is 329. The van der Waals surface area contributed by atoms with Gasteiger partial charge >= 0.3 is 12.2 Å². The van der Waals surface area contributed by atoms with E-state index in [0.717, 1.165) is 19.3 Å². The van der Waals surface area contributed by atoms with Crippen LogP contribution in [0.3, 0.4) is 0 Å². The number of nitrogens with one attached hydrogen (secondary N) is 2. The van der Waals surface area contributed by atoms with Crippen LogP contribution in [0, 0.1) is 5.92 Å². The van der Waals surface area contributed by atoms with Crippen molar-refractivity contribution in [2.75, 3.05) is 7.11 Å². The minimum absolute atomic E-state index is 0.00932. The number of amides is 2. The van der Waals surface area contributed by atoms with Crippen molar-refractivity contribution in [2.24, 2.45) is 5.92 Å². The van der Waals surface area contributed by atoms with Crippen LogP contribution in [0.1, 0.15) is 32.1 Å². The standard InChI is InChI=1S/C12H19F3N2O2/c1-19-10-4-2-3-9(10)17-11(18)16-8-5-7(6-8)12(13,14)15/h7-10H,2-6H2,1H3,(H2,16,17,18)/t7?,8?,9-,10-/m1/s1. The van der Waals surface area contributed by atoms with Crippen molar-refractivity contribution in [1.82, 2.24) is 10.6 Å². The molecule has 2 aliphatic carbocycles. The number of alkyl halides is 3. The predicted octanol–water partition coefficient (Wildman–Crippen LogP) is 2.19. The largest absolute Gasteiger partial charge is 0.391 e. The summed E-state index contributed by atoms with van der Waals surface area (Å²) in [6, 6.07) is -0.794. The van der Waals surface area contributed by atoms with Crippen molar-refractivity contribution >= 4 is 6.03 Å². The minimum atomic E-state index is -4.14. The normalized spacial score (nSPS) is 34.7. The Kier molecular flexibility index (Phi) is 4.23. The Morgan fingerprint density at radius 3 is 2.47 bits per heavy atom. The van der Waals surface area contributed by atoms with E-state index in [2.05, 4.69) is 10.6 Å². The molecule has 2 aliphatic rings. The summed E-state index contributed by atoms with van der Waals surface area (Å²) in [4.78, 5) is 11.7. The number of hydrogen-bond acceptors (Lipinski definition) is 2. The molecule has 2 rings (SSSR count). The van der Waals surface area contributed by atoms with Gasteiger partial charge in [-0.25, -0.2) is 4.79 Å². The summed E-state index contributed by atoms with van der Waals surface area (Å²) in [5.41, 5.74) is 0. The van der Waals surface area contributed by atoms with E-state index in [1.807, 2.05) is 0 Å². The molecule has 110 valence electrons. The van der Waals surface area contributed by atoms with Crippen LogP contribution in [0.15, 0.2) is 0 Å². The summed E-state index contributed by atoms with van der Waals surface area (Å²) < 4.78 is 42.1. The third-order valence-electron chi connectivity index (χ3n) is 4.01. The second-order valence-corrected chi connectivity index (χ2v) is 5.34. The molecule has 0 aliphatic heterocycles. The maximum Gasteiger partial charge on any atom is 0.391 e. The van der Waals surface area contributed by atoms with E-state index in [4.69, 9.17) is 4.74 Å². The first-order valence-electron chi connectivity index (χ1n) is 6.56. The molecular formula is C12H19F3N2O2. The lowest BCUT2D eigenvalue weighted by molar-refractivity contribution is -0.198. The van der Waals surface area contributed by atoms with Crippen LogP contribution in [0.2, 0.25) is 0 Å². The highest BCUT2D eigenvalue weighted by Gasteiger charge is 2.48. The van der Waals surface area contributed by atoms with Gasteiger partial charge in [-0.05, 0) is 32.1 Å². The van der Waals surface area contributed by atoms with Gasteiger partial charge in [0.25, 0.3) is 0 Å². The molecule has 19 heavy (non-hydrogen) atoms. The lowest BCUT2D eigenvalue weighted by atomic mass is 9.80. The maximum atomic E-state index is 12.3. The van der Waals surface area contributed by atoms with Crippen molar-refractivity contribution in [3.63, 3.8) is 0 Å². The van der Waals surface area contributed by atoms with E-state index in [9.17, 15) is 18.0 Å². The highest BCUT2D eigenvalue weighted by Crippen LogP contribution is 2.40. The van der Waals surface area contributed by atoms with Crippen LogP contribution in [0.4, 0.5) is 18.0 Å². The quantitative estimate of drug-likeness (QED) is 0.832. The average molecular weight is 280 g/mol. The lowest BCUT2D eigenvalue weighted by Crippen LogP contribution is -2.54. The molecule has 4 nitrogen and oxygen atoms in total. The molecule has 0 aromatic carbocycles. The van der Waals surface area contributed by atoms with E-state index in [1.54, 1.807) is 7.11 Å². The van der Waals surface area contributed by atoms with Crippen LogP contribution >= 0.6 is 0 Å². The van der Waals surface area contributed by atoms with Gasteiger partial charge in [0.1, 0.15) is 0 Å². The third-order valence-corrected chi connectivity index (χ3v) is 4.01. The molecule has 2 N–H and O–H groups in total. The van der Waals surface area contributed by atoms with Crippen LogP contribution in [-0.2, 0) is 4.74 Å². The fourth-order valence-corrected chi connectivity index (χ4v) is 2.77. The van der Waals surface area contributed by atoms with Gasteiger partial charge in [-0.3, -0.25) is 0 Å². The zero-order valence-corrected chi connectivity index (χ0v) is 10.8. The Morgan fingerprint density at radius 2 is 1.89 bits per heavy atom. The SMILES string of the molecule is CO[C@@H]1CCC[C@H]1NC(=O)NC1CC(C(F)(F)F)C1. The number of methoxy groups -OCH3 is 1. The first-order valence-corrected chi connectivity index (χ1v) is 6.56. The molecule has 2 saturated carbocycles. The van der Waals surface area contributed by atoms with Crippen molar-refractivity contribution < 1.29 is 22.7 Å². The molecule has 2 atom stereocenters. The first kappa shape index (κ1) is 14.4. The van der Waals surface area contributed by atoms with E-state index in [1.165, 1.54) is 0 Å². The number of carbonyl (C=O) groups is 1. The third kappa shape index (κ3) is 3.52. The second-order valence-electron chi connectivity index (χ2n) is 5.34. The number of halogens is 3. The smallest absolute Gasteiger partial charge is 0.379 e. The summed E-state index contributed by atoms with van der Waals surface area (Å²) >= 11 is 0. The number of hydrogen-bond donors (Lipinski definition) is 2. The van der Waals surface area contributed by atoms with Gasteiger partial charge in [0.2, 0.25) is 0 Å². The molecular weight excluding hydrogens is 261 g/mol. The average Bonchev–Trinajstić information content (AvgIpc) is 2.68. The van der Waals surface area contributed by atoms with Gasteiger partial charge in [-0.2, -0.15) is 13.2 Å². The Labute approximate surface area is 110 Å². The molecule has 2 amide bonds. The number of carbonyl (C=O) groups excluding carboxylic acids is 1. The Balaban J connectivity index is 1.69. The summed E-state index contributed by atoms with van der Waals surface area (Å²) in [5, 5.41) is 5.36. The molecule has 0 spiro atoms. The zero-order chi connectivity index (χ0) is 14.0. The highest BCUT2D eigenvalue weighted by atomic mass is 19.4. The van der Waals surface area contributed by atoms with E-state index < -0.39 is 12.1 Å². The van der Waals surface area contributed by atoms with Gasteiger partial charge in [-0.15, -0.1) is 0 Å². The van der Waals surface area contributed by atoms with Crippen LogP contribution in [-0.4, -0.2) is 37.5 Å². The van der Waals surface area contributed by atoms with Gasteiger partial charge in [0.15, 0.2) is 0 Å². The molecule has 0 radical (unpaired) electrons. The van der Waals surface area contributed by atoms with Gasteiger partial charge in [-0.1, -0.05) is 0 Å². The Morgan fingerprint density at radius 1 is 1.21 bits per heavy atom. The lowest BCUT2D eigenvalue weighted by Gasteiger charge is -2.37. The van der Waals surface area contributed by atoms with Crippen molar-refractivity contribution in [1.29, 1.82) is 0 Å². The number of rotatable bonds is 3. The van der Waals surface area contributed by atoms with E-state index >= 15 is 0 Å². The summed E-state index contributed by atoms with van der Waals surface area (Å²) in [7, 11) is 1.60. The molecule has 7 heteroatoms. The molecule has 0 aromatic heterocycles. The highest BCUT2D eigenvalue weighted by molar-refractivity contribution is 5.74. The van der Waals surface area contributed by atoms with Crippen LogP contribution in [0.5, 0.6) is 0 Å². The minimum Gasteiger partial charge on any atom is -0.379 e. The van der Waals surface area contributed by atoms with Gasteiger partial charge in [0, 0.05) is 13.2 Å². The molecule has 0 heterocycles. The van der Waals surface area contributed by atoms with Gasteiger partial charge in [0.05, 0.1) is 18.1 Å². The van der Waals surface area contributed by atoms with Crippen molar-refractivity contribution in [3.8, 4) is 0 Å². The monoisotopic (exact) mass is 280 g/mol. The summed E-state index contributed by atoms with van der Waals surface area (Å²) in [6.07, 6.45) is -1.42. The van der Waals surface area contributed by atoms with Crippen LogP contribution in [0.25, 0.3) is 0 Å². The molecule has 0 aromatic rings. The zero-order valence-electron chi connectivity index (χ0n) is 10.8. The predicted molar refractivity (Wildman–Crippen MR) is 62.7 cm³/mol. The van der Waals surface area contributed by atoms with Crippen molar-refractivity contribution in [2.45, 2.75) is 56.5 Å². The first-order chi connectivity index (χ1) is 8.90. The molecule has 2 fully saturated rings. The fraction of sp³-hybridized carbons (Fsp3) is 0.917. The topological polar surface area (TPSA) is 50.4 Å². The van der Waals surface area contributed by atoms with Crippen LogP contribution < -0.4 is 10.6 Å². The van der Waals surface area contributed by atoms with Gasteiger partial charge < -0.3 is 15.4 Å². The molecule has 0 unspecified atom stereocenters. The molecule has 0 saturated heterocycles. The maximum absolute atomic E-state index is 12.3. The van der Waals surface area contributed by atoms with E-state index in [0.29, 0.717) is 0 Å². The Hall–Kier alpha value is -0.980. The number of urea groups is 1.